The summed E-state index contributed by atoms with van der Waals surface area (Å²) < 4.78 is 23.9. The minimum Gasteiger partial charge on any atom is -0.215 e. The minimum absolute atomic E-state index is 0.427. The van der Waals surface area contributed by atoms with Crippen LogP contribution in [0.2, 0.25) is 5.02 Å². The van der Waals surface area contributed by atoms with Gasteiger partial charge in [-0.3, -0.25) is 0 Å². The summed E-state index contributed by atoms with van der Waals surface area (Å²) >= 11 is 7.37. The van der Waals surface area contributed by atoms with Gasteiger partial charge >= 0.3 is 0 Å². The van der Waals surface area contributed by atoms with E-state index in [4.69, 9.17) is 11.6 Å². The maximum atomic E-state index is 10.8. The van der Waals surface area contributed by atoms with Crippen LogP contribution in [0, 0.1) is 0 Å². The summed E-state index contributed by atoms with van der Waals surface area (Å²) in [6, 6.07) is 7.47. The summed E-state index contributed by atoms with van der Waals surface area (Å²) in [6.07, 6.45) is 1.15. The van der Waals surface area contributed by atoms with Crippen LogP contribution in [0.3, 0.4) is 0 Å². The highest BCUT2D eigenvalue weighted by Crippen LogP contribution is 2.20. The Balaban J connectivity index is 2.32. The summed E-state index contributed by atoms with van der Waals surface area (Å²) in [5.74, 6) is 0.688. The fourth-order valence-electron chi connectivity index (χ4n) is 0.953. The molecule has 0 aliphatic carbocycles. The second kappa shape index (κ2) is 5.75. The Kier molecular flexibility index (Phi) is 4.92. The molecule has 0 spiro atoms. The van der Waals surface area contributed by atoms with E-state index in [0.717, 1.165) is 11.2 Å². The van der Waals surface area contributed by atoms with Crippen LogP contribution in [-0.4, -0.2) is 27.0 Å². The van der Waals surface area contributed by atoms with E-state index in [1.54, 1.807) is 17.8 Å². The average Bonchev–Trinajstić information content (AvgIpc) is 2.11. The fraction of sp³-hybridized carbons (Fsp3) is 0.333. The zero-order valence-electron chi connectivity index (χ0n) is 8.23. The molecule has 0 saturated carbocycles. The molecule has 84 valence electrons. The highest BCUT2D eigenvalue weighted by molar-refractivity contribution is 7.99. The van der Waals surface area contributed by atoms with Crippen molar-refractivity contribution >= 4 is 33.4 Å². The lowest BCUT2D eigenvalue weighted by atomic mass is 10.4. The van der Waals surface area contributed by atoms with Gasteiger partial charge < -0.3 is 0 Å². The molecule has 0 fully saturated rings. The summed E-state index contributed by atoms with van der Waals surface area (Å²) in [5, 5.41) is 0.691. The predicted molar refractivity (Wildman–Crippen MR) is 65.0 cm³/mol. The molecule has 0 aliphatic heterocycles. The Bertz CT molecular complexity index is 420. The molecule has 0 saturated heterocycles. The molecule has 0 bridgehead atoms. The molecule has 0 atom stereocenters. The Hall–Kier alpha value is -0.230. The second-order valence-corrected chi connectivity index (χ2v) is 6.41. The van der Waals surface area contributed by atoms with Gasteiger partial charge in [0.2, 0.25) is 10.0 Å². The molecule has 1 N–H and O–H groups in total. The monoisotopic (exact) mass is 265 g/mol. The van der Waals surface area contributed by atoms with Crippen molar-refractivity contribution in [2.45, 2.75) is 4.90 Å². The zero-order chi connectivity index (χ0) is 11.3. The minimum atomic E-state index is -3.08. The number of nitrogens with one attached hydrogen (secondary N) is 1. The highest BCUT2D eigenvalue weighted by atomic mass is 35.5. The molecule has 3 nitrogen and oxygen atoms in total. The highest BCUT2D eigenvalue weighted by Gasteiger charge is 2.00. The van der Waals surface area contributed by atoms with E-state index in [1.807, 2.05) is 18.2 Å². The first kappa shape index (κ1) is 12.8. The maximum absolute atomic E-state index is 10.8. The molecule has 15 heavy (non-hydrogen) atoms. The first-order chi connectivity index (χ1) is 6.97. The number of rotatable bonds is 5. The third kappa shape index (κ3) is 6.04. The second-order valence-electron chi connectivity index (χ2n) is 2.97. The third-order valence-corrected chi connectivity index (χ3v) is 3.49. The molecule has 6 heteroatoms. The number of hydrogen-bond donors (Lipinski definition) is 1. The van der Waals surface area contributed by atoms with Gasteiger partial charge in [0, 0.05) is 22.2 Å². The lowest BCUT2D eigenvalue weighted by Gasteiger charge is -2.02. The normalized spacial score (nSPS) is 11.6. The number of thioether (sulfide) groups is 1. The van der Waals surface area contributed by atoms with Gasteiger partial charge in [-0.05, 0) is 18.2 Å². The summed E-state index contributed by atoms with van der Waals surface area (Å²) in [7, 11) is -3.08. The van der Waals surface area contributed by atoms with Crippen LogP contribution in [0.4, 0.5) is 0 Å². The van der Waals surface area contributed by atoms with E-state index in [9.17, 15) is 8.42 Å². The van der Waals surface area contributed by atoms with Gasteiger partial charge in [0.25, 0.3) is 0 Å². The van der Waals surface area contributed by atoms with Crippen molar-refractivity contribution < 1.29 is 8.42 Å². The summed E-state index contributed by atoms with van der Waals surface area (Å²) in [6.45, 7) is 0.427. The fourth-order valence-corrected chi connectivity index (χ4v) is 2.63. The molecule has 0 radical (unpaired) electrons. The van der Waals surface area contributed by atoms with Gasteiger partial charge in [0.1, 0.15) is 0 Å². The molecule has 0 aliphatic rings. The van der Waals surface area contributed by atoms with E-state index in [2.05, 4.69) is 4.72 Å². The Morgan fingerprint density at radius 2 is 2.20 bits per heavy atom. The molecule has 0 unspecified atom stereocenters. The van der Waals surface area contributed by atoms with E-state index in [1.165, 1.54) is 0 Å². The Labute approximate surface area is 99.3 Å². The Morgan fingerprint density at radius 3 is 2.80 bits per heavy atom. The quantitative estimate of drug-likeness (QED) is 0.654. The van der Waals surface area contributed by atoms with Gasteiger partial charge in [0.05, 0.1) is 6.26 Å². The molecule has 1 aromatic rings. The van der Waals surface area contributed by atoms with Crippen LogP contribution < -0.4 is 4.72 Å². The van der Waals surface area contributed by atoms with Crippen LogP contribution >= 0.6 is 23.4 Å². The molecule has 1 rings (SSSR count). The van der Waals surface area contributed by atoms with Crippen LogP contribution in [0.15, 0.2) is 29.2 Å². The van der Waals surface area contributed by atoms with Crippen molar-refractivity contribution in [2.75, 3.05) is 18.6 Å². The van der Waals surface area contributed by atoms with Gasteiger partial charge in [-0.15, -0.1) is 11.8 Å². The third-order valence-electron chi connectivity index (χ3n) is 1.53. The predicted octanol–water partition coefficient (Wildman–Crippen LogP) is 1.98. The Morgan fingerprint density at radius 1 is 1.47 bits per heavy atom. The van der Waals surface area contributed by atoms with Crippen LogP contribution in [0.1, 0.15) is 0 Å². The van der Waals surface area contributed by atoms with Gasteiger partial charge in [0.15, 0.2) is 0 Å². The number of benzene rings is 1. The largest absolute Gasteiger partial charge is 0.215 e. The van der Waals surface area contributed by atoms with Crippen molar-refractivity contribution in [2.24, 2.45) is 0 Å². The average molecular weight is 266 g/mol. The number of sulfonamides is 1. The van der Waals surface area contributed by atoms with E-state index in [-0.39, 0.29) is 0 Å². The lowest BCUT2D eigenvalue weighted by molar-refractivity contribution is 0.590. The molecule has 1 aromatic carbocycles. The zero-order valence-corrected chi connectivity index (χ0v) is 10.6. The maximum Gasteiger partial charge on any atom is 0.208 e. The first-order valence-electron chi connectivity index (χ1n) is 4.30. The van der Waals surface area contributed by atoms with E-state index in [0.29, 0.717) is 17.3 Å². The van der Waals surface area contributed by atoms with Crippen LogP contribution in [0.5, 0.6) is 0 Å². The van der Waals surface area contributed by atoms with Gasteiger partial charge in [-0.2, -0.15) is 0 Å². The lowest BCUT2D eigenvalue weighted by Crippen LogP contribution is -2.24. The van der Waals surface area contributed by atoms with Gasteiger partial charge in [-0.25, -0.2) is 13.1 Å². The molecular weight excluding hydrogens is 254 g/mol. The molecule has 0 aromatic heterocycles. The van der Waals surface area contributed by atoms with Crippen molar-refractivity contribution in [1.82, 2.24) is 4.72 Å². The SMILES string of the molecule is CS(=O)(=O)NCCSc1cccc(Cl)c1. The van der Waals surface area contributed by atoms with E-state index >= 15 is 0 Å². The van der Waals surface area contributed by atoms with E-state index < -0.39 is 10.0 Å². The number of hydrogen-bond acceptors (Lipinski definition) is 3. The molecule has 0 heterocycles. The van der Waals surface area contributed by atoms with Crippen LogP contribution in [0.25, 0.3) is 0 Å². The van der Waals surface area contributed by atoms with Crippen molar-refractivity contribution in [1.29, 1.82) is 0 Å². The van der Waals surface area contributed by atoms with Crippen molar-refractivity contribution in [3.8, 4) is 0 Å². The smallest absolute Gasteiger partial charge is 0.208 e. The molecular formula is C9H12ClNO2S2. The standard InChI is InChI=1S/C9H12ClNO2S2/c1-15(12,13)11-5-6-14-9-4-2-3-8(10)7-9/h2-4,7,11H,5-6H2,1H3. The number of halogens is 1. The van der Waals surface area contributed by atoms with Gasteiger partial charge in [-0.1, -0.05) is 17.7 Å². The van der Waals surface area contributed by atoms with Crippen LogP contribution in [-0.2, 0) is 10.0 Å². The first-order valence-corrected chi connectivity index (χ1v) is 7.56. The summed E-state index contributed by atoms with van der Waals surface area (Å²) in [5.41, 5.74) is 0. The molecule has 0 amide bonds. The summed E-state index contributed by atoms with van der Waals surface area (Å²) in [4.78, 5) is 1.04. The van der Waals surface area contributed by atoms with Crippen molar-refractivity contribution in [3.05, 3.63) is 29.3 Å². The topological polar surface area (TPSA) is 46.2 Å². The van der Waals surface area contributed by atoms with Crippen molar-refractivity contribution in [3.63, 3.8) is 0 Å².